The van der Waals surface area contributed by atoms with Crippen LogP contribution < -0.4 is 5.32 Å². The maximum Gasteiger partial charge on any atom is 0.408 e. The molecule has 1 aromatic heterocycles. The SMILES string of the molecule is CC(C)(C)OC(=O)NC(CCSCc1cscn1)C(=O)O. The number of aliphatic carboxylic acids is 1. The first-order valence-electron chi connectivity index (χ1n) is 6.45. The molecule has 0 fully saturated rings. The molecule has 0 bridgehead atoms. The Morgan fingerprint density at radius 3 is 2.76 bits per heavy atom. The van der Waals surface area contributed by atoms with E-state index in [0.29, 0.717) is 12.2 Å². The monoisotopic (exact) mass is 332 g/mol. The van der Waals surface area contributed by atoms with E-state index in [1.165, 1.54) is 11.3 Å². The number of rotatable bonds is 7. The lowest BCUT2D eigenvalue weighted by Crippen LogP contribution is -2.43. The van der Waals surface area contributed by atoms with Crippen LogP contribution in [0.1, 0.15) is 32.9 Å². The minimum absolute atomic E-state index is 0.337. The van der Waals surface area contributed by atoms with Gasteiger partial charge in [0, 0.05) is 11.1 Å². The zero-order valence-electron chi connectivity index (χ0n) is 12.3. The number of carbonyl (C=O) groups excluding carboxylic acids is 1. The molecule has 1 heterocycles. The first-order valence-corrected chi connectivity index (χ1v) is 8.55. The second-order valence-corrected chi connectivity index (χ2v) is 7.18. The summed E-state index contributed by atoms with van der Waals surface area (Å²) in [6, 6.07) is -0.942. The number of thiazole rings is 1. The van der Waals surface area contributed by atoms with Crippen molar-refractivity contribution in [3.05, 3.63) is 16.6 Å². The fourth-order valence-electron chi connectivity index (χ4n) is 1.39. The minimum atomic E-state index is -1.06. The lowest BCUT2D eigenvalue weighted by molar-refractivity contribution is -0.139. The van der Waals surface area contributed by atoms with Crippen molar-refractivity contribution >= 4 is 35.2 Å². The van der Waals surface area contributed by atoms with E-state index in [-0.39, 0.29) is 0 Å². The lowest BCUT2D eigenvalue weighted by Gasteiger charge is -2.21. The quantitative estimate of drug-likeness (QED) is 0.746. The number of carboxylic acid groups (broad SMARTS) is 1. The summed E-state index contributed by atoms with van der Waals surface area (Å²) in [6.07, 6.45) is -0.372. The van der Waals surface area contributed by atoms with Crippen LogP contribution >= 0.6 is 23.1 Å². The van der Waals surface area contributed by atoms with Crippen molar-refractivity contribution in [2.24, 2.45) is 0 Å². The Morgan fingerprint density at radius 2 is 2.24 bits per heavy atom. The molecule has 6 nitrogen and oxygen atoms in total. The van der Waals surface area contributed by atoms with Gasteiger partial charge < -0.3 is 15.2 Å². The maximum atomic E-state index is 11.6. The fraction of sp³-hybridized carbons (Fsp3) is 0.615. The van der Waals surface area contributed by atoms with Crippen molar-refractivity contribution in [3.63, 3.8) is 0 Å². The standard InChI is InChI=1S/C13H20N2O4S2/c1-13(2,3)19-12(18)15-10(11(16)17)4-5-20-6-9-7-21-8-14-9/h7-8,10H,4-6H2,1-3H3,(H,15,18)(H,16,17). The molecule has 0 aromatic carbocycles. The molecular weight excluding hydrogens is 312 g/mol. The molecule has 118 valence electrons. The first-order chi connectivity index (χ1) is 9.78. The van der Waals surface area contributed by atoms with Crippen LogP contribution in [0.2, 0.25) is 0 Å². The Hall–Kier alpha value is -1.28. The summed E-state index contributed by atoms with van der Waals surface area (Å²) in [5.41, 5.74) is 2.10. The molecule has 0 aliphatic carbocycles. The third kappa shape index (κ3) is 7.91. The molecule has 0 aliphatic heterocycles. The zero-order chi connectivity index (χ0) is 15.9. The molecule has 0 saturated heterocycles. The van der Waals surface area contributed by atoms with Crippen molar-refractivity contribution < 1.29 is 19.4 Å². The molecule has 1 rings (SSSR count). The zero-order valence-corrected chi connectivity index (χ0v) is 13.9. The van der Waals surface area contributed by atoms with Gasteiger partial charge in [-0.15, -0.1) is 11.3 Å². The van der Waals surface area contributed by atoms with Crippen LogP contribution in [0.3, 0.4) is 0 Å². The van der Waals surface area contributed by atoms with E-state index in [1.807, 2.05) is 5.38 Å². The number of aromatic nitrogens is 1. The highest BCUT2D eigenvalue weighted by molar-refractivity contribution is 7.98. The van der Waals surface area contributed by atoms with E-state index in [2.05, 4.69) is 10.3 Å². The largest absolute Gasteiger partial charge is 0.480 e. The molecule has 8 heteroatoms. The molecule has 21 heavy (non-hydrogen) atoms. The summed E-state index contributed by atoms with van der Waals surface area (Å²) in [5, 5.41) is 13.5. The number of hydrogen-bond acceptors (Lipinski definition) is 6. The highest BCUT2D eigenvalue weighted by atomic mass is 32.2. The average Bonchev–Trinajstić information content (AvgIpc) is 2.83. The van der Waals surface area contributed by atoms with Gasteiger partial charge in [-0.05, 0) is 32.9 Å². The number of nitrogens with zero attached hydrogens (tertiary/aromatic N) is 1. The molecule has 0 aliphatic rings. The third-order valence-corrected chi connectivity index (χ3v) is 3.93. The average molecular weight is 332 g/mol. The predicted octanol–water partition coefficient (Wildman–Crippen LogP) is 2.74. The Kier molecular flexibility index (Phi) is 6.97. The number of carboxylic acids is 1. The number of hydrogen-bond donors (Lipinski definition) is 2. The van der Waals surface area contributed by atoms with E-state index in [4.69, 9.17) is 9.84 Å². The number of amides is 1. The van der Waals surface area contributed by atoms with Crippen molar-refractivity contribution in [1.82, 2.24) is 10.3 Å². The van der Waals surface area contributed by atoms with Crippen molar-refractivity contribution in [1.29, 1.82) is 0 Å². The van der Waals surface area contributed by atoms with E-state index in [9.17, 15) is 9.59 Å². The third-order valence-electron chi connectivity index (χ3n) is 2.27. The first kappa shape index (κ1) is 17.8. The van der Waals surface area contributed by atoms with Crippen molar-refractivity contribution in [3.8, 4) is 0 Å². The molecule has 0 spiro atoms. The Balaban J connectivity index is 2.32. The molecular formula is C13H20N2O4S2. The smallest absolute Gasteiger partial charge is 0.408 e. The van der Waals surface area contributed by atoms with Crippen LogP contribution in [-0.2, 0) is 15.3 Å². The number of carbonyl (C=O) groups is 2. The van der Waals surface area contributed by atoms with Gasteiger partial charge in [-0.25, -0.2) is 14.6 Å². The summed E-state index contributed by atoms with van der Waals surface area (Å²) in [4.78, 5) is 26.9. The van der Waals surface area contributed by atoms with Crippen LogP contribution in [0.15, 0.2) is 10.9 Å². The van der Waals surface area contributed by atoms with Gasteiger partial charge in [-0.3, -0.25) is 0 Å². The number of nitrogens with one attached hydrogen (secondary N) is 1. The van der Waals surface area contributed by atoms with Gasteiger partial charge in [0.25, 0.3) is 0 Å². The normalized spacial score (nSPS) is 12.7. The lowest BCUT2D eigenvalue weighted by atomic mass is 10.2. The van der Waals surface area contributed by atoms with Gasteiger partial charge in [-0.2, -0.15) is 11.8 Å². The Labute approximate surface area is 132 Å². The van der Waals surface area contributed by atoms with Crippen LogP contribution in [0, 0.1) is 0 Å². The van der Waals surface area contributed by atoms with Gasteiger partial charge in [-0.1, -0.05) is 0 Å². The van der Waals surface area contributed by atoms with Crippen LogP contribution in [-0.4, -0.2) is 39.5 Å². The number of ether oxygens (including phenoxy) is 1. The number of alkyl carbamates (subject to hydrolysis) is 1. The second-order valence-electron chi connectivity index (χ2n) is 5.36. The van der Waals surface area contributed by atoms with E-state index < -0.39 is 23.7 Å². The van der Waals surface area contributed by atoms with Gasteiger partial charge in [0.15, 0.2) is 0 Å². The van der Waals surface area contributed by atoms with Crippen LogP contribution in [0.25, 0.3) is 0 Å². The predicted molar refractivity (Wildman–Crippen MR) is 83.7 cm³/mol. The molecule has 1 atom stereocenters. The van der Waals surface area contributed by atoms with Gasteiger partial charge in [0.1, 0.15) is 11.6 Å². The van der Waals surface area contributed by atoms with E-state index in [1.54, 1.807) is 38.0 Å². The molecule has 1 amide bonds. The highest BCUT2D eigenvalue weighted by Gasteiger charge is 2.23. The van der Waals surface area contributed by atoms with E-state index in [0.717, 1.165) is 11.4 Å². The summed E-state index contributed by atoms with van der Waals surface area (Å²) < 4.78 is 5.05. The Morgan fingerprint density at radius 1 is 1.52 bits per heavy atom. The second kappa shape index (κ2) is 8.23. The number of thioether (sulfide) groups is 1. The summed E-state index contributed by atoms with van der Waals surface area (Å²) >= 11 is 3.12. The minimum Gasteiger partial charge on any atom is -0.480 e. The van der Waals surface area contributed by atoms with Crippen LogP contribution in [0.5, 0.6) is 0 Å². The van der Waals surface area contributed by atoms with Crippen LogP contribution in [0.4, 0.5) is 4.79 Å². The molecule has 0 radical (unpaired) electrons. The topological polar surface area (TPSA) is 88.5 Å². The molecule has 1 aromatic rings. The summed E-state index contributed by atoms with van der Waals surface area (Å²) in [7, 11) is 0. The van der Waals surface area contributed by atoms with Crippen molar-refractivity contribution in [2.75, 3.05) is 5.75 Å². The molecule has 0 saturated carbocycles. The Bertz CT molecular complexity index is 457. The van der Waals surface area contributed by atoms with E-state index >= 15 is 0 Å². The maximum absolute atomic E-state index is 11.6. The summed E-state index contributed by atoms with van der Waals surface area (Å²) in [5.74, 6) is 0.294. The van der Waals surface area contributed by atoms with Crippen molar-refractivity contribution in [2.45, 2.75) is 44.6 Å². The fourth-order valence-corrected chi connectivity index (χ4v) is 2.97. The highest BCUT2D eigenvalue weighted by Crippen LogP contribution is 2.14. The van der Waals surface area contributed by atoms with Gasteiger partial charge >= 0.3 is 12.1 Å². The van der Waals surface area contributed by atoms with Gasteiger partial charge in [0.05, 0.1) is 11.2 Å². The molecule has 1 unspecified atom stereocenters. The van der Waals surface area contributed by atoms with Gasteiger partial charge in [0.2, 0.25) is 0 Å². The molecule has 2 N–H and O–H groups in total. The summed E-state index contributed by atoms with van der Waals surface area (Å²) in [6.45, 7) is 5.18.